The Bertz CT molecular complexity index is 1430. The van der Waals surface area contributed by atoms with Crippen LogP contribution >= 0.6 is 0 Å². The summed E-state index contributed by atoms with van der Waals surface area (Å²) in [6.45, 7) is 3.83. The molecule has 1 N–H and O–H groups in total. The van der Waals surface area contributed by atoms with Gasteiger partial charge in [0.25, 0.3) is 5.91 Å². The first kappa shape index (κ1) is 25.4. The molecule has 0 aliphatic heterocycles. The third kappa shape index (κ3) is 5.93. The van der Waals surface area contributed by atoms with Crippen LogP contribution < -0.4 is 10.1 Å². The Labute approximate surface area is 215 Å². The van der Waals surface area contributed by atoms with E-state index in [9.17, 15) is 14.4 Å². The molecule has 6 heteroatoms. The summed E-state index contributed by atoms with van der Waals surface area (Å²) in [7, 11) is 1.51. The van der Waals surface area contributed by atoms with Crippen LogP contribution in [0, 0.1) is 13.8 Å². The maximum Gasteiger partial charge on any atom is 0.340 e. The van der Waals surface area contributed by atoms with E-state index in [1.54, 1.807) is 72.8 Å². The Hall–Kier alpha value is -4.71. The number of nitrogens with one attached hydrogen (secondary N) is 1. The standard InChI is InChI=1S/C31H27NO5/c1-20-13-16-22(17-14-20)28(33)24-11-7-8-12-25(24)31(35)37-29(23-9-5-4-6-10-23)30(34)32-26-19-21(2)15-18-27(26)36-3/h4-19,29H,1-3H3,(H,32,34). The van der Waals surface area contributed by atoms with E-state index in [1.165, 1.54) is 13.2 Å². The van der Waals surface area contributed by atoms with Gasteiger partial charge in [0.1, 0.15) is 5.75 Å². The molecule has 0 aliphatic carbocycles. The summed E-state index contributed by atoms with van der Waals surface area (Å²) >= 11 is 0. The molecule has 4 aromatic rings. The third-order valence-corrected chi connectivity index (χ3v) is 5.88. The molecule has 0 spiro atoms. The van der Waals surface area contributed by atoms with Crippen molar-refractivity contribution in [1.82, 2.24) is 0 Å². The molecule has 0 radical (unpaired) electrons. The van der Waals surface area contributed by atoms with Crippen molar-refractivity contribution in [3.05, 3.63) is 130 Å². The Morgan fingerprint density at radius 2 is 1.35 bits per heavy atom. The molecule has 6 nitrogen and oxygen atoms in total. The minimum Gasteiger partial charge on any atom is -0.495 e. The zero-order chi connectivity index (χ0) is 26.4. The van der Waals surface area contributed by atoms with Gasteiger partial charge in [0.15, 0.2) is 5.78 Å². The third-order valence-electron chi connectivity index (χ3n) is 5.88. The summed E-state index contributed by atoms with van der Waals surface area (Å²) in [5.74, 6) is -1.16. The molecule has 0 aliphatic rings. The van der Waals surface area contributed by atoms with E-state index in [-0.39, 0.29) is 16.9 Å². The molecule has 0 saturated heterocycles. The Balaban J connectivity index is 1.65. The second-order valence-electron chi connectivity index (χ2n) is 8.63. The molecular weight excluding hydrogens is 466 g/mol. The zero-order valence-corrected chi connectivity index (χ0v) is 20.9. The van der Waals surface area contributed by atoms with Crippen LogP contribution in [0.1, 0.15) is 49.1 Å². The van der Waals surface area contributed by atoms with Crippen LogP contribution in [0.4, 0.5) is 5.69 Å². The summed E-state index contributed by atoms with van der Waals surface area (Å²) in [5, 5.41) is 2.82. The monoisotopic (exact) mass is 493 g/mol. The molecule has 0 fully saturated rings. The van der Waals surface area contributed by atoms with Gasteiger partial charge in [-0.1, -0.05) is 84.4 Å². The second kappa shape index (κ2) is 11.4. The molecule has 1 unspecified atom stereocenters. The fourth-order valence-electron chi connectivity index (χ4n) is 3.91. The molecule has 1 atom stereocenters. The Morgan fingerprint density at radius 3 is 2.03 bits per heavy atom. The number of anilines is 1. The summed E-state index contributed by atoms with van der Waals surface area (Å²) in [5.41, 5.74) is 3.62. The maximum atomic E-state index is 13.4. The highest BCUT2D eigenvalue weighted by atomic mass is 16.5. The number of hydrogen-bond acceptors (Lipinski definition) is 5. The van der Waals surface area contributed by atoms with Gasteiger partial charge in [0.05, 0.1) is 18.4 Å². The topological polar surface area (TPSA) is 81.7 Å². The molecular formula is C31H27NO5. The predicted molar refractivity (Wildman–Crippen MR) is 142 cm³/mol. The molecule has 4 aromatic carbocycles. The fourth-order valence-corrected chi connectivity index (χ4v) is 3.91. The quantitative estimate of drug-likeness (QED) is 0.238. The minimum absolute atomic E-state index is 0.0787. The lowest BCUT2D eigenvalue weighted by Gasteiger charge is -2.20. The van der Waals surface area contributed by atoms with E-state index in [0.717, 1.165) is 11.1 Å². The van der Waals surface area contributed by atoms with Gasteiger partial charge in [-0.2, -0.15) is 0 Å². The number of benzene rings is 4. The number of ether oxygens (including phenoxy) is 2. The lowest BCUT2D eigenvalue weighted by Crippen LogP contribution is -2.26. The summed E-state index contributed by atoms with van der Waals surface area (Å²) in [6, 6.07) is 27.7. The van der Waals surface area contributed by atoms with Gasteiger partial charge in [-0.25, -0.2) is 4.79 Å². The molecule has 0 saturated carbocycles. The smallest absolute Gasteiger partial charge is 0.340 e. The number of esters is 1. The van der Waals surface area contributed by atoms with Gasteiger partial charge < -0.3 is 14.8 Å². The van der Waals surface area contributed by atoms with Gasteiger partial charge in [-0.15, -0.1) is 0 Å². The number of methoxy groups -OCH3 is 1. The van der Waals surface area contributed by atoms with Crippen LogP contribution in [-0.2, 0) is 9.53 Å². The first-order valence-electron chi connectivity index (χ1n) is 11.8. The first-order valence-corrected chi connectivity index (χ1v) is 11.8. The first-order chi connectivity index (χ1) is 17.9. The van der Waals surface area contributed by atoms with Crippen LogP contribution in [0.3, 0.4) is 0 Å². The van der Waals surface area contributed by atoms with Crippen molar-refractivity contribution in [1.29, 1.82) is 0 Å². The van der Waals surface area contributed by atoms with E-state index in [0.29, 0.717) is 22.6 Å². The largest absolute Gasteiger partial charge is 0.495 e. The van der Waals surface area contributed by atoms with E-state index >= 15 is 0 Å². The van der Waals surface area contributed by atoms with Crippen molar-refractivity contribution in [3.8, 4) is 5.75 Å². The molecule has 186 valence electrons. The minimum atomic E-state index is -1.26. The normalized spacial score (nSPS) is 11.3. The SMILES string of the molecule is COc1ccc(C)cc1NC(=O)C(OC(=O)c1ccccc1C(=O)c1ccc(C)cc1)c1ccccc1. The number of aryl methyl sites for hydroxylation is 2. The van der Waals surface area contributed by atoms with Crippen LogP contribution in [0.2, 0.25) is 0 Å². The van der Waals surface area contributed by atoms with Gasteiger partial charge in [-0.3, -0.25) is 9.59 Å². The average Bonchev–Trinajstić information content (AvgIpc) is 2.92. The lowest BCUT2D eigenvalue weighted by molar-refractivity contribution is -0.125. The van der Waals surface area contributed by atoms with Crippen LogP contribution in [0.15, 0.2) is 97.1 Å². The molecule has 4 rings (SSSR count). The lowest BCUT2D eigenvalue weighted by atomic mass is 9.97. The van der Waals surface area contributed by atoms with Crippen molar-refractivity contribution >= 4 is 23.3 Å². The van der Waals surface area contributed by atoms with Crippen LogP contribution in [-0.4, -0.2) is 24.8 Å². The highest BCUT2D eigenvalue weighted by Crippen LogP contribution is 2.28. The van der Waals surface area contributed by atoms with Crippen molar-refractivity contribution in [2.24, 2.45) is 0 Å². The van der Waals surface area contributed by atoms with Crippen molar-refractivity contribution in [2.45, 2.75) is 20.0 Å². The number of ketones is 1. The fraction of sp³-hybridized carbons (Fsp3) is 0.129. The summed E-state index contributed by atoms with van der Waals surface area (Å²) in [4.78, 5) is 40.0. The van der Waals surface area contributed by atoms with Gasteiger partial charge in [-0.05, 0) is 37.6 Å². The van der Waals surface area contributed by atoms with Gasteiger partial charge in [0, 0.05) is 16.7 Å². The number of carbonyl (C=O) groups excluding carboxylic acids is 3. The molecule has 37 heavy (non-hydrogen) atoms. The number of hydrogen-bond donors (Lipinski definition) is 1. The Morgan fingerprint density at radius 1 is 0.730 bits per heavy atom. The maximum absolute atomic E-state index is 13.4. The van der Waals surface area contributed by atoms with E-state index in [2.05, 4.69) is 5.32 Å². The number of amides is 1. The highest BCUT2D eigenvalue weighted by Gasteiger charge is 2.28. The average molecular weight is 494 g/mol. The Kier molecular flexibility index (Phi) is 7.79. The second-order valence-corrected chi connectivity index (χ2v) is 8.63. The van der Waals surface area contributed by atoms with Crippen molar-refractivity contribution < 1.29 is 23.9 Å². The number of rotatable bonds is 8. The predicted octanol–water partition coefficient (Wildman–Crippen LogP) is 6.08. The molecule has 0 bridgehead atoms. The molecule has 1 amide bonds. The molecule has 0 aromatic heterocycles. The van der Waals surface area contributed by atoms with Crippen LogP contribution in [0.25, 0.3) is 0 Å². The van der Waals surface area contributed by atoms with Crippen molar-refractivity contribution in [2.75, 3.05) is 12.4 Å². The summed E-state index contributed by atoms with van der Waals surface area (Å²) in [6.07, 6.45) is -1.26. The highest BCUT2D eigenvalue weighted by molar-refractivity contribution is 6.14. The van der Waals surface area contributed by atoms with E-state index < -0.39 is 18.0 Å². The summed E-state index contributed by atoms with van der Waals surface area (Å²) < 4.78 is 11.1. The molecule has 0 heterocycles. The van der Waals surface area contributed by atoms with E-state index in [1.807, 2.05) is 32.0 Å². The van der Waals surface area contributed by atoms with Gasteiger partial charge >= 0.3 is 5.97 Å². The zero-order valence-electron chi connectivity index (χ0n) is 20.9. The van der Waals surface area contributed by atoms with Crippen LogP contribution in [0.5, 0.6) is 5.75 Å². The van der Waals surface area contributed by atoms with Crippen molar-refractivity contribution in [3.63, 3.8) is 0 Å². The van der Waals surface area contributed by atoms with E-state index in [4.69, 9.17) is 9.47 Å². The van der Waals surface area contributed by atoms with Gasteiger partial charge in [0.2, 0.25) is 6.10 Å². The number of carbonyl (C=O) groups is 3.